The summed E-state index contributed by atoms with van der Waals surface area (Å²) in [5.41, 5.74) is 3.07. The lowest BCUT2D eigenvalue weighted by Crippen LogP contribution is -2.17. The van der Waals surface area contributed by atoms with Gasteiger partial charge in [0.2, 0.25) is 0 Å². The number of carbonyl (C=O) groups excluding carboxylic acids is 1. The summed E-state index contributed by atoms with van der Waals surface area (Å²) in [5, 5.41) is 0.454. The van der Waals surface area contributed by atoms with E-state index in [1.54, 1.807) is 0 Å². The zero-order chi connectivity index (χ0) is 14.1. The van der Waals surface area contributed by atoms with E-state index in [1.807, 2.05) is 12.1 Å². The Morgan fingerprint density at radius 2 is 1.80 bits per heavy atom. The second kappa shape index (κ2) is 5.37. The molecule has 3 rings (SSSR count). The molecule has 0 saturated heterocycles. The predicted molar refractivity (Wildman–Crippen MR) is 77.5 cm³/mol. The highest BCUT2D eigenvalue weighted by Crippen LogP contribution is 2.28. The van der Waals surface area contributed by atoms with E-state index in [0.29, 0.717) is 10.6 Å². The van der Waals surface area contributed by atoms with Gasteiger partial charge in [-0.3, -0.25) is 4.79 Å². The number of ketones is 1. The third-order valence-corrected chi connectivity index (χ3v) is 4.25. The van der Waals surface area contributed by atoms with Gasteiger partial charge in [0.15, 0.2) is 0 Å². The van der Waals surface area contributed by atoms with E-state index in [9.17, 15) is 9.18 Å². The van der Waals surface area contributed by atoms with E-state index in [0.717, 1.165) is 12.8 Å². The first-order valence-electron chi connectivity index (χ1n) is 6.67. The van der Waals surface area contributed by atoms with Crippen molar-refractivity contribution < 1.29 is 9.18 Å². The summed E-state index contributed by atoms with van der Waals surface area (Å²) >= 11 is 6.02. The fourth-order valence-electron chi connectivity index (χ4n) is 2.80. The molecule has 2 aromatic rings. The van der Waals surface area contributed by atoms with Crippen LogP contribution in [0.4, 0.5) is 4.39 Å². The number of fused-ring (bicyclic) bond motifs is 1. The van der Waals surface area contributed by atoms with E-state index in [4.69, 9.17) is 11.6 Å². The SMILES string of the molecule is O=C(Cc1cc(F)ccc1Cl)C1Cc2ccccc2C1. The van der Waals surface area contributed by atoms with Crippen LogP contribution in [0, 0.1) is 11.7 Å². The molecule has 1 aliphatic rings. The highest BCUT2D eigenvalue weighted by Gasteiger charge is 2.27. The number of Topliss-reactive ketones (excluding diaryl/α,β-unsaturated/α-hetero) is 1. The van der Waals surface area contributed by atoms with Crippen LogP contribution in [-0.2, 0) is 24.1 Å². The molecule has 1 nitrogen and oxygen atoms in total. The summed E-state index contributed by atoms with van der Waals surface area (Å²) in [6.45, 7) is 0. The molecule has 0 saturated carbocycles. The van der Waals surface area contributed by atoms with Crippen molar-refractivity contribution in [3.05, 3.63) is 70.0 Å². The average molecular weight is 289 g/mol. The van der Waals surface area contributed by atoms with Crippen LogP contribution >= 0.6 is 11.6 Å². The average Bonchev–Trinajstić information content (AvgIpc) is 2.87. The number of benzene rings is 2. The highest BCUT2D eigenvalue weighted by atomic mass is 35.5. The van der Waals surface area contributed by atoms with Gasteiger partial charge in [-0.15, -0.1) is 0 Å². The third-order valence-electron chi connectivity index (χ3n) is 3.88. The summed E-state index contributed by atoms with van der Waals surface area (Å²) in [7, 11) is 0. The van der Waals surface area contributed by atoms with Gasteiger partial charge in [-0.25, -0.2) is 4.39 Å². The normalized spacial score (nSPS) is 14.3. The number of hydrogen-bond acceptors (Lipinski definition) is 1. The zero-order valence-electron chi connectivity index (χ0n) is 10.9. The number of hydrogen-bond donors (Lipinski definition) is 0. The summed E-state index contributed by atoms with van der Waals surface area (Å²) in [5.74, 6) is -0.229. The van der Waals surface area contributed by atoms with Gasteiger partial charge in [0, 0.05) is 17.4 Å². The molecular weight excluding hydrogens is 275 g/mol. The number of carbonyl (C=O) groups is 1. The van der Waals surface area contributed by atoms with E-state index in [-0.39, 0.29) is 23.9 Å². The topological polar surface area (TPSA) is 17.1 Å². The van der Waals surface area contributed by atoms with Gasteiger partial charge < -0.3 is 0 Å². The fourth-order valence-corrected chi connectivity index (χ4v) is 2.98. The Hall–Kier alpha value is -1.67. The molecule has 0 amide bonds. The number of halogens is 2. The first-order chi connectivity index (χ1) is 9.63. The second-order valence-electron chi connectivity index (χ2n) is 5.25. The molecule has 0 aromatic heterocycles. The van der Waals surface area contributed by atoms with Gasteiger partial charge in [-0.2, -0.15) is 0 Å². The minimum absolute atomic E-state index is 0.00765. The molecule has 0 spiro atoms. The van der Waals surface area contributed by atoms with Crippen LogP contribution in [-0.4, -0.2) is 5.78 Å². The van der Waals surface area contributed by atoms with E-state index >= 15 is 0 Å². The van der Waals surface area contributed by atoms with Crippen LogP contribution in [0.2, 0.25) is 5.02 Å². The van der Waals surface area contributed by atoms with E-state index < -0.39 is 0 Å². The Morgan fingerprint density at radius 3 is 2.45 bits per heavy atom. The Labute approximate surface area is 122 Å². The second-order valence-corrected chi connectivity index (χ2v) is 5.66. The Kier molecular flexibility index (Phi) is 3.58. The van der Waals surface area contributed by atoms with Crippen molar-refractivity contribution in [3.8, 4) is 0 Å². The molecule has 20 heavy (non-hydrogen) atoms. The van der Waals surface area contributed by atoms with Crippen LogP contribution in [0.1, 0.15) is 16.7 Å². The van der Waals surface area contributed by atoms with Crippen molar-refractivity contribution in [2.24, 2.45) is 5.92 Å². The Morgan fingerprint density at radius 1 is 1.15 bits per heavy atom. The highest BCUT2D eigenvalue weighted by molar-refractivity contribution is 6.31. The van der Waals surface area contributed by atoms with Crippen molar-refractivity contribution in [2.75, 3.05) is 0 Å². The van der Waals surface area contributed by atoms with Crippen molar-refractivity contribution in [1.29, 1.82) is 0 Å². The van der Waals surface area contributed by atoms with Crippen LogP contribution < -0.4 is 0 Å². The molecule has 3 heteroatoms. The van der Waals surface area contributed by atoms with Gasteiger partial charge in [-0.05, 0) is 47.7 Å². The quantitative estimate of drug-likeness (QED) is 0.834. The molecule has 2 aromatic carbocycles. The maximum absolute atomic E-state index is 13.2. The van der Waals surface area contributed by atoms with Gasteiger partial charge in [0.1, 0.15) is 11.6 Å². The maximum atomic E-state index is 13.2. The van der Waals surface area contributed by atoms with Crippen LogP contribution in [0.25, 0.3) is 0 Å². The van der Waals surface area contributed by atoms with Crippen molar-refractivity contribution >= 4 is 17.4 Å². The lowest BCUT2D eigenvalue weighted by Gasteiger charge is -2.09. The van der Waals surface area contributed by atoms with Gasteiger partial charge in [0.25, 0.3) is 0 Å². The fraction of sp³-hybridized carbons (Fsp3) is 0.235. The van der Waals surface area contributed by atoms with Crippen LogP contribution in [0.5, 0.6) is 0 Å². The van der Waals surface area contributed by atoms with E-state index in [2.05, 4.69) is 12.1 Å². The van der Waals surface area contributed by atoms with Gasteiger partial charge in [0.05, 0.1) is 0 Å². The van der Waals surface area contributed by atoms with Crippen LogP contribution in [0.15, 0.2) is 42.5 Å². The molecule has 0 heterocycles. The van der Waals surface area contributed by atoms with E-state index in [1.165, 1.54) is 29.3 Å². The molecule has 0 unspecified atom stereocenters. The molecule has 0 radical (unpaired) electrons. The largest absolute Gasteiger partial charge is 0.299 e. The minimum atomic E-state index is -0.355. The first kappa shape index (κ1) is 13.3. The Bertz CT molecular complexity index is 641. The summed E-state index contributed by atoms with van der Waals surface area (Å²) < 4.78 is 13.2. The van der Waals surface area contributed by atoms with Crippen molar-refractivity contribution in [2.45, 2.75) is 19.3 Å². The number of rotatable bonds is 3. The van der Waals surface area contributed by atoms with Crippen molar-refractivity contribution in [3.63, 3.8) is 0 Å². The van der Waals surface area contributed by atoms with Crippen molar-refractivity contribution in [1.82, 2.24) is 0 Å². The maximum Gasteiger partial charge on any atom is 0.141 e. The molecule has 0 N–H and O–H groups in total. The molecule has 1 aliphatic carbocycles. The van der Waals surface area contributed by atoms with Crippen LogP contribution in [0.3, 0.4) is 0 Å². The molecule has 0 fully saturated rings. The summed E-state index contributed by atoms with van der Waals surface area (Å²) in [6.07, 6.45) is 1.76. The van der Waals surface area contributed by atoms with Gasteiger partial charge >= 0.3 is 0 Å². The molecule has 0 atom stereocenters. The smallest absolute Gasteiger partial charge is 0.141 e. The first-order valence-corrected chi connectivity index (χ1v) is 7.04. The lowest BCUT2D eigenvalue weighted by atomic mass is 9.95. The predicted octanol–water partition coefficient (Wildman–Crippen LogP) is 4.01. The standard InChI is InChI=1S/C17H14ClFO/c18-16-6-5-15(19)9-13(16)10-17(20)14-7-11-3-1-2-4-12(11)8-14/h1-6,9,14H,7-8,10H2. The zero-order valence-corrected chi connectivity index (χ0v) is 11.7. The minimum Gasteiger partial charge on any atom is -0.299 e. The van der Waals surface area contributed by atoms with Gasteiger partial charge in [-0.1, -0.05) is 35.9 Å². The monoisotopic (exact) mass is 288 g/mol. The molecule has 102 valence electrons. The lowest BCUT2D eigenvalue weighted by molar-refractivity contribution is -0.121. The Balaban J connectivity index is 1.74. The third kappa shape index (κ3) is 2.61. The molecular formula is C17H14ClFO. The molecule has 0 bridgehead atoms. The summed E-state index contributed by atoms with van der Waals surface area (Å²) in [6, 6.07) is 12.3. The molecule has 0 aliphatic heterocycles. The summed E-state index contributed by atoms with van der Waals surface area (Å²) in [4.78, 5) is 12.4.